The number of nitrogens with one attached hydrogen (secondary N) is 1. The minimum atomic E-state index is -0.914. The van der Waals surface area contributed by atoms with Gasteiger partial charge in [0, 0.05) is 44.5 Å². The van der Waals surface area contributed by atoms with E-state index < -0.39 is 6.09 Å². The molecule has 4 heterocycles. The van der Waals surface area contributed by atoms with Crippen LogP contribution >= 0.6 is 0 Å². The van der Waals surface area contributed by atoms with Crippen LogP contribution in [-0.4, -0.2) is 71.3 Å². The van der Waals surface area contributed by atoms with Crippen LogP contribution in [0, 0.1) is 6.92 Å². The highest BCUT2D eigenvalue weighted by molar-refractivity contribution is 5.87. The minimum Gasteiger partial charge on any atom is -0.465 e. The summed E-state index contributed by atoms with van der Waals surface area (Å²) in [5.74, 6) is 2.52. The van der Waals surface area contributed by atoms with Gasteiger partial charge in [-0.3, -0.25) is 0 Å². The van der Waals surface area contributed by atoms with Gasteiger partial charge >= 0.3 is 6.09 Å². The van der Waals surface area contributed by atoms with Crippen molar-refractivity contribution < 1.29 is 14.6 Å². The zero-order valence-corrected chi connectivity index (χ0v) is 21.7. The first-order valence-corrected chi connectivity index (χ1v) is 12.5. The first-order chi connectivity index (χ1) is 18.9. The summed E-state index contributed by atoms with van der Waals surface area (Å²) in [5, 5.41) is 12.7. The predicted octanol–water partition coefficient (Wildman–Crippen LogP) is 4.34. The van der Waals surface area contributed by atoms with E-state index in [9.17, 15) is 9.90 Å². The van der Waals surface area contributed by atoms with Gasteiger partial charge < -0.3 is 29.5 Å². The molecule has 39 heavy (non-hydrogen) atoms. The number of hydrogen-bond acceptors (Lipinski definition) is 9. The molecular weight excluding hydrogens is 498 g/mol. The third kappa shape index (κ3) is 4.72. The average molecular weight is 526 g/mol. The molecule has 6 rings (SSSR count). The fraction of sp³-hybridized carbons (Fsp3) is 0.259. The number of fused-ring (bicyclic) bond motifs is 2. The molecule has 0 bridgehead atoms. The molecule has 2 aromatic carbocycles. The van der Waals surface area contributed by atoms with Crippen molar-refractivity contribution in [2.45, 2.75) is 19.9 Å². The molecule has 5 aromatic rings. The Bertz CT molecular complexity index is 1700. The standard InChI is InChI=1S/C27H27N9O3/c1-16-10-18(4-7-23(16)39-19-5-6-22-20(11-19)31-15-34(22)3)32-25-24-21(29-14-30-25)12-28-26(33-24)35-8-9-36(27(37)38)17(2)13-35/h4-7,10-12,14-15,17H,8-9,13H2,1-3H3,(H,37,38)(H,29,30,32)/t17-/m1/s1. The fourth-order valence-corrected chi connectivity index (χ4v) is 4.80. The van der Waals surface area contributed by atoms with Gasteiger partial charge in [0.1, 0.15) is 28.9 Å². The summed E-state index contributed by atoms with van der Waals surface area (Å²) in [6.45, 7) is 5.26. The highest BCUT2D eigenvalue weighted by Gasteiger charge is 2.28. The fourth-order valence-electron chi connectivity index (χ4n) is 4.80. The number of hydrogen-bond donors (Lipinski definition) is 2. The van der Waals surface area contributed by atoms with Crippen molar-refractivity contribution in [3.8, 4) is 11.5 Å². The van der Waals surface area contributed by atoms with Crippen molar-refractivity contribution in [1.82, 2.24) is 34.4 Å². The molecule has 1 amide bonds. The van der Waals surface area contributed by atoms with E-state index in [0.29, 0.717) is 42.4 Å². The minimum absolute atomic E-state index is 0.172. The lowest BCUT2D eigenvalue weighted by atomic mass is 10.2. The third-order valence-electron chi connectivity index (χ3n) is 6.88. The van der Waals surface area contributed by atoms with Crippen LogP contribution in [0.25, 0.3) is 22.1 Å². The molecule has 1 fully saturated rings. The van der Waals surface area contributed by atoms with Crippen molar-refractivity contribution in [2.75, 3.05) is 29.9 Å². The maximum atomic E-state index is 11.4. The van der Waals surface area contributed by atoms with Crippen molar-refractivity contribution in [3.05, 3.63) is 60.8 Å². The van der Waals surface area contributed by atoms with E-state index in [1.54, 1.807) is 12.5 Å². The number of anilines is 3. The van der Waals surface area contributed by atoms with E-state index in [-0.39, 0.29) is 6.04 Å². The maximum Gasteiger partial charge on any atom is 0.407 e. The van der Waals surface area contributed by atoms with Crippen LogP contribution in [-0.2, 0) is 7.05 Å². The first-order valence-electron chi connectivity index (χ1n) is 12.5. The second kappa shape index (κ2) is 9.71. The number of aromatic nitrogens is 6. The Hall–Kier alpha value is -5.00. The molecule has 2 N–H and O–H groups in total. The number of piperazine rings is 1. The topological polar surface area (TPSA) is 134 Å². The second-order valence-corrected chi connectivity index (χ2v) is 9.61. The van der Waals surface area contributed by atoms with Gasteiger partial charge in [0.05, 0.1) is 23.6 Å². The number of rotatable bonds is 5. The zero-order chi connectivity index (χ0) is 27.1. The molecule has 3 aromatic heterocycles. The molecule has 0 spiro atoms. The quantitative estimate of drug-likeness (QED) is 0.341. The van der Waals surface area contributed by atoms with Crippen molar-refractivity contribution in [3.63, 3.8) is 0 Å². The summed E-state index contributed by atoms with van der Waals surface area (Å²) in [4.78, 5) is 37.2. The largest absolute Gasteiger partial charge is 0.465 e. The van der Waals surface area contributed by atoms with E-state index in [4.69, 9.17) is 9.72 Å². The molecule has 0 radical (unpaired) electrons. The van der Waals surface area contributed by atoms with Crippen LogP contribution in [0.4, 0.5) is 22.2 Å². The van der Waals surface area contributed by atoms with Crippen LogP contribution < -0.4 is 15.0 Å². The summed E-state index contributed by atoms with van der Waals surface area (Å²) in [6, 6.07) is 11.5. The summed E-state index contributed by atoms with van der Waals surface area (Å²) < 4.78 is 8.11. The Labute approximate surface area is 223 Å². The number of ether oxygens (including phenoxy) is 1. The lowest BCUT2D eigenvalue weighted by molar-refractivity contribution is 0.122. The van der Waals surface area contributed by atoms with Crippen LogP contribution in [0.15, 0.2) is 55.2 Å². The van der Waals surface area contributed by atoms with Crippen LogP contribution in [0.2, 0.25) is 0 Å². The van der Waals surface area contributed by atoms with Crippen LogP contribution in [0.3, 0.4) is 0 Å². The van der Waals surface area contributed by atoms with Crippen molar-refractivity contribution >= 4 is 45.6 Å². The lowest BCUT2D eigenvalue weighted by Crippen LogP contribution is -2.54. The number of imidazole rings is 1. The average Bonchev–Trinajstić information content (AvgIpc) is 3.29. The number of aryl methyl sites for hydroxylation is 2. The summed E-state index contributed by atoms with van der Waals surface area (Å²) in [6.07, 6.45) is 4.01. The van der Waals surface area contributed by atoms with Gasteiger partial charge in [-0.15, -0.1) is 0 Å². The molecule has 12 nitrogen and oxygen atoms in total. The van der Waals surface area contributed by atoms with Gasteiger partial charge in [-0.25, -0.2) is 29.7 Å². The Kier molecular flexibility index (Phi) is 6.06. The van der Waals surface area contributed by atoms with Gasteiger partial charge in [-0.1, -0.05) is 0 Å². The molecule has 0 unspecified atom stereocenters. The van der Waals surface area contributed by atoms with Crippen molar-refractivity contribution in [2.24, 2.45) is 7.05 Å². The summed E-state index contributed by atoms with van der Waals surface area (Å²) in [5.41, 5.74) is 4.87. The monoisotopic (exact) mass is 525 g/mol. The molecule has 198 valence electrons. The van der Waals surface area contributed by atoms with E-state index in [1.165, 1.54) is 11.2 Å². The van der Waals surface area contributed by atoms with Gasteiger partial charge in [0.2, 0.25) is 5.95 Å². The maximum absolute atomic E-state index is 11.4. The van der Waals surface area contributed by atoms with E-state index in [0.717, 1.165) is 33.8 Å². The number of carbonyl (C=O) groups is 1. The normalized spacial score (nSPS) is 15.6. The molecule has 1 saturated heterocycles. The van der Waals surface area contributed by atoms with Crippen LogP contribution in [0.5, 0.6) is 11.5 Å². The molecule has 1 atom stereocenters. The van der Waals surface area contributed by atoms with Gasteiger partial charge in [-0.05, 0) is 49.7 Å². The number of nitrogens with zero attached hydrogens (tertiary/aromatic N) is 8. The summed E-state index contributed by atoms with van der Waals surface area (Å²) >= 11 is 0. The first kappa shape index (κ1) is 24.3. The summed E-state index contributed by atoms with van der Waals surface area (Å²) in [7, 11) is 1.96. The SMILES string of the molecule is Cc1cc(Nc2ncnc3cnc(N4CCN(C(=O)O)[C@H](C)C4)nc23)ccc1Oc1ccc2c(c1)ncn2C. The van der Waals surface area contributed by atoms with E-state index >= 15 is 0 Å². The Balaban J connectivity index is 1.22. The third-order valence-corrected chi connectivity index (χ3v) is 6.88. The van der Waals surface area contributed by atoms with Crippen molar-refractivity contribution in [1.29, 1.82) is 0 Å². The number of carboxylic acid groups (broad SMARTS) is 1. The lowest BCUT2D eigenvalue weighted by Gasteiger charge is -2.38. The molecule has 1 aliphatic rings. The zero-order valence-electron chi connectivity index (χ0n) is 21.7. The molecule has 12 heteroatoms. The van der Waals surface area contributed by atoms with Gasteiger partial charge in [0.15, 0.2) is 5.82 Å². The molecule has 1 aliphatic heterocycles. The number of amides is 1. The number of benzene rings is 2. The Morgan fingerprint density at radius 3 is 2.74 bits per heavy atom. The predicted molar refractivity (Wildman–Crippen MR) is 147 cm³/mol. The molecule has 0 saturated carbocycles. The Morgan fingerprint density at radius 1 is 1.08 bits per heavy atom. The Morgan fingerprint density at radius 2 is 1.95 bits per heavy atom. The van der Waals surface area contributed by atoms with E-state index in [2.05, 4.69) is 25.3 Å². The van der Waals surface area contributed by atoms with Gasteiger partial charge in [-0.2, -0.15) is 0 Å². The van der Waals surface area contributed by atoms with Crippen LogP contribution in [0.1, 0.15) is 12.5 Å². The van der Waals surface area contributed by atoms with E-state index in [1.807, 2.05) is 66.8 Å². The molecular formula is C27H27N9O3. The molecule has 0 aliphatic carbocycles. The highest BCUT2D eigenvalue weighted by atomic mass is 16.5. The second-order valence-electron chi connectivity index (χ2n) is 9.61. The van der Waals surface area contributed by atoms with Gasteiger partial charge in [0.25, 0.3) is 0 Å². The highest BCUT2D eigenvalue weighted by Crippen LogP contribution is 2.31. The smallest absolute Gasteiger partial charge is 0.407 e.